The second kappa shape index (κ2) is 11.2. The Kier molecular flexibility index (Phi) is 8.57. The summed E-state index contributed by atoms with van der Waals surface area (Å²) in [6, 6.07) is 9.10. The molecule has 2 rings (SSSR count). The first-order valence-corrected chi connectivity index (χ1v) is 9.29. The van der Waals surface area contributed by atoms with Crippen molar-refractivity contribution in [2.45, 2.75) is 13.3 Å². The smallest absolute Gasteiger partial charge is 0.260 e. The molecule has 0 unspecified atom stereocenters. The van der Waals surface area contributed by atoms with E-state index < -0.39 is 0 Å². The van der Waals surface area contributed by atoms with Crippen molar-refractivity contribution in [1.82, 2.24) is 9.88 Å². The van der Waals surface area contributed by atoms with Gasteiger partial charge in [0.25, 0.3) is 5.91 Å². The van der Waals surface area contributed by atoms with Gasteiger partial charge in [-0.05, 0) is 25.5 Å². The summed E-state index contributed by atoms with van der Waals surface area (Å²) in [5.74, 6) is 0.0754. The lowest BCUT2D eigenvalue weighted by Gasteiger charge is -2.22. The van der Waals surface area contributed by atoms with Crippen LogP contribution in [0.1, 0.15) is 13.3 Å². The maximum absolute atomic E-state index is 12.5. The van der Waals surface area contributed by atoms with Gasteiger partial charge in [-0.1, -0.05) is 18.2 Å². The molecule has 8 heteroatoms. The van der Waals surface area contributed by atoms with Crippen molar-refractivity contribution in [1.29, 1.82) is 0 Å². The fraction of sp³-hybridized carbons (Fsp3) is 0.389. The molecule has 1 aromatic heterocycles. The maximum Gasteiger partial charge on any atom is 0.260 e. The van der Waals surface area contributed by atoms with E-state index in [0.717, 1.165) is 0 Å². The quantitative estimate of drug-likeness (QED) is 0.608. The van der Waals surface area contributed by atoms with Crippen molar-refractivity contribution in [2.75, 3.05) is 38.2 Å². The molecule has 7 nitrogen and oxygen atoms in total. The number of carbonyl (C=O) groups is 2. The second-order valence-electron chi connectivity index (χ2n) is 5.35. The molecule has 0 atom stereocenters. The Morgan fingerprint density at radius 3 is 2.77 bits per heavy atom. The Labute approximate surface area is 156 Å². The summed E-state index contributed by atoms with van der Waals surface area (Å²) in [7, 11) is 0. The van der Waals surface area contributed by atoms with Crippen LogP contribution in [-0.2, 0) is 14.3 Å². The zero-order chi connectivity index (χ0) is 18.6. The highest BCUT2D eigenvalue weighted by molar-refractivity contribution is 7.13. The van der Waals surface area contributed by atoms with Crippen molar-refractivity contribution < 1.29 is 19.1 Å². The van der Waals surface area contributed by atoms with Crippen LogP contribution in [-0.4, -0.2) is 54.6 Å². The number of amides is 2. The van der Waals surface area contributed by atoms with Crippen LogP contribution in [0.3, 0.4) is 0 Å². The van der Waals surface area contributed by atoms with Crippen LogP contribution in [0.4, 0.5) is 5.13 Å². The van der Waals surface area contributed by atoms with Gasteiger partial charge in [-0.2, -0.15) is 0 Å². The van der Waals surface area contributed by atoms with E-state index in [4.69, 9.17) is 9.47 Å². The predicted molar refractivity (Wildman–Crippen MR) is 100 cm³/mol. The number of aromatic nitrogens is 1. The van der Waals surface area contributed by atoms with Crippen LogP contribution in [0.5, 0.6) is 5.75 Å². The van der Waals surface area contributed by atoms with Gasteiger partial charge >= 0.3 is 0 Å². The third-order valence-electron chi connectivity index (χ3n) is 3.39. The Morgan fingerprint density at radius 2 is 2.08 bits per heavy atom. The molecule has 1 N–H and O–H groups in total. The first-order chi connectivity index (χ1) is 12.7. The molecule has 26 heavy (non-hydrogen) atoms. The molecule has 0 fully saturated rings. The highest BCUT2D eigenvalue weighted by Gasteiger charge is 2.18. The standard InChI is InChI=1S/C18H23N3O4S/c1-2-24-11-6-10-21(13-16(22)20-18-19-9-12-26-18)17(23)14-25-15-7-4-3-5-8-15/h3-5,7-9,12H,2,6,10-11,13-14H2,1H3,(H,19,20,22). The summed E-state index contributed by atoms with van der Waals surface area (Å²) < 4.78 is 10.8. The topological polar surface area (TPSA) is 80.8 Å². The Balaban J connectivity index is 1.88. The summed E-state index contributed by atoms with van der Waals surface area (Å²) >= 11 is 1.33. The second-order valence-corrected chi connectivity index (χ2v) is 6.25. The molecule has 0 aliphatic rings. The Morgan fingerprint density at radius 1 is 1.27 bits per heavy atom. The van der Waals surface area contributed by atoms with Gasteiger partial charge in [0, 0.05) is 31.3 Å². The van der Waals surface area contributed by atoms with Crippen LogP contribution in [0, 0.1) is 0 Å². The summed E-state index contributed by atoms with van der Waals surface area (Å²) in [4.78, 5) is 30.1. The average molecular weight is 377 g/mol. The van der Waals surface area contributed by atoms with Gasteiger partial charge in [0.1, 0.15) is 12.3 Å². The maximum atomic E-state index is 12.5. The molecule has 1 aromatic carbocycles. The van der Waals surface area contributed by atoms with E-state index in [1.165, 1.54) is 16.2 Å². The van der Waals surface area contributed by atoms with Crippen LogP contribution in [0.25, 0.3) is 0 Å². The lowest BCUT2D eigenvalue weighted by atomic mass is 10.3. The Hall–Kier alpha value is -2.45. The first kappa shape index (κ1) is 19.9. The number of ether oxygens (including phenoxy) is 2. The van der Waals surface area contributed by atoms with E-state index in [0.29, 0.717) is 37.1 Å². The molecule has 0 radical (unpaired) electrons. The summed E-state index contributed by atoms with van der Waals surface area (Å²) in [5, 5.41) is 4.97. The van der Waals surface area contributed by atoms with E-state index in [-0.39, 0.29) is 25.0 Å². The fourth-order valence-corrected chi connectivity index (χ4v) is 2.71. The van der Waals surface area contributed by atoms with Gasteiger partial charge in [0.15, 0.2) is 11.7 Å². The van der Waals surface area contributed by atoms with E-state index in [9.17, 15) is 9.59 Å². The molecule has 0 bridgehead atoms. The number of hydrogen-bond donors (Lipinski definition) is 1. The number of carbonyl (C=O) groups excluding carboxylic acids is 2. The minimum Gasteiger partial charge on any atom is -0.484 e. The lowest BCUT2D eigenvalue weighted by molar-refractivity contribution is -0.136. The Bertz CT molecular complexity index is 664. The molecule has 2 aromatic rings. The van der Waals surface area contributed by atoms with E-state index in [1.807, 2.05) is 25.1 Å². The minimum atomic E-state index is -0.288. The molecule has 0 aliphatic heterocycles. The van der Waals surface area contributed by atoms with Gasteiger partial charge in [-0.15, -0.1) is 11.3 Å². The minimum absolute atomic E-state index is 0.0529. The zero-order valence-corrected chi connectivity index (χ0v) is 15.5. The van der Waals surface area contributed by atoms with Crippen molar-refractivity contribution in [3.63, 3.8) is 0 Å². The third-order valence-corrected chi connectivity index (χ3v) is 4.08. The van der Waals surface area contributed by atoms with E-state index in [1.54, 1.807) is 23.7 Å². The van der Waals surface area contributed by atoms with Crippen LogP contribution in [0.15, 0.2) is 41.9 Å². The predicted octanol–water partition coefficient (Wildman–Crippen LogP) is 2.42. The van der Waals surface area contributed by atoms with Crippen molar-refractivity contribution in [3.8, 4) is 5.75 Å². The number of anilines is 1. The molecular weight excluding hydrogens is 354 g/mol. The number of para-hydroxylation sites is 1. The highest BCUT2D eigenvalue weighted by atomic mass is 32.1. The first-order valence-electron chi connectivity index (χ1n) is 8.41. The molecule has 140 valence electrons. The molecule has 0 saturated carbocycles. The van der Waals surface area contributed by atoms with Gasteiger partial charge < -0.3 is 19.7 Å². The fourth-order valence-electron chi connectivity index (χ4n) is 2.16. The number of nitrogens with one attached hydrogen (secondary N) is 1. The highest BCUT2D eigenvalue weighted by Crippen LogP contribution is 2.11. The van der Waals surface area contributed by atoms with Crippen molar-refractivity contribution in [2.24, 2.45) is 0 Å². The van der Waals surface area contributed by atoms with E-state index in [2.05, 4.69) is 10.3 Å². The third kappa shape index (κ3) is 7.20. The SMILES string of the molecule is CCOCCCN(CC(=O)Nc1nccs1)C(=O)COc1ccccc1. The molecule has 0 spiro atoms. The van der Waals surface area contributed by atoms with Crippen LogP contribution < -0.4 is 10.1 Å². The van der Waals surface area contributed by atoms with Gasteiger partial charge in [0.2, 0.25) is 5.91 Å². The lowest BCUT2D eigenvalue weighted by Crippen LogP contribution is -2.41. The summed E-state index contributed by atoms with van der Waals surface area (Å²) in [6.45, 7) is 3.32. The summed E-state index contributed by atoms with van der Waals surface area (Å²) in [6.07, 6.45) is 2.26. The normalized spacial score (nSPS) is 10.3. The monoisotopic (exact) mass is 377 g/mol. The molecular formula is C18H23N3O4S. The number of hydrogen-bond acceptors (Lipinski definition) is 6. The number of benzene rings is 1. The molecule has 0 saturated heterocycles. The van der Waals surface area contributed by atoms with Gasteiger partial charge in [-0.25, -0.2) is 4.98 Å². The van der Waals surface area contributed by atoms with Crippen LogP contribution in [0.2, 0.25) is 0 Å². The van der Waals surface area contributed by atoms with Crippen molar-refractivity contribution in [3.05, 3.63) is 41.9 Å². The van der Waals surface area contributed by atoms with Gasteiger partial charge in [-0.3, -0.25) is 9.59 Å². The zero-order valence-electron chi connectivity index (χ0n) is 14.7. The van der Waals surface area contributed by atoms with Gasteiger partial charge in [0.05, 0.1) is 0 Å². The average Bonchev–Trinajstić information content (AvgIpc) is 3.16. The molecule has 0 aliphatic carbocycles. The number of thiazole rings is 1. The van der Waals surface area contributed by atoms with E-state index >= 15 is 0 Å². The van der Waals surface area contributed by atoms with Crippen LogP contribution >= 0.6 is 11.3 Å². The van der Waals surface area contributed by atoms with Crippen molar-refractivity contribution >= 4 is 28.3 Å². The summed E-state index contributed by atoms with van der Waals surface area (Å²) in [5.41, 5.74) is 0. The molecule has 2 amide bonds. The number of nitrogens with zero attached hydrogens (tertiary/aromatic N) is 2. The largest absolute Gasteiger partial charge is 0.484 e. The molecule has 1 heterocycles. The number of rotatable bonds is 11.